The first-order valence-corrected chi connectivity index (χ1v) is 9.72. The summed E-state index contributed by atoms with van der Waals surface area (Å²) in [6, 6.07) is 0. The zero-order valence-corrected chi connectivity index (χ0v) is 13.2. The van der Waals surface area contributed by atoms with Gasteiger partial charge in [-0.05, 0) is 97.2 Å². The van der Waals surface area contributed by atoms with E-state index in [1.165, 1.54) is 23.7 Å². The zero-order valence-electron chi connectivity index (χ0n) is 13.2. The van der Waals surface area contributed by atoms with Crippen LogP contribution in [0.15, 0.2) is 0 Å². The number of hydrogen-bond donors (Lipinski definition) is 0. The van der Waals surface area contributed by atoms with Crippen LogP contribution in [0.25, 0.3) is 0 Å². The Morgan fingerprint density at radius 1 is 0.700 bits per heavy atom. The van der Waals surface area contributed by atoms with Gasteiger partial charge in [0.2, 0.25) is 0 Å². The van der Waals surface area contributed by atoms with E-state index >= 15 is 0 Å². The SMILES string of the molecule is C[C@]12CCC[C@@H]1C1[C@H]3CC[C@@]45CCCCC4C5C13CC2. The predicted molar refractivity (Wildman–Crippen MR) is 81.2 cm³/mol. The fraction of sp³-hybridized carbons (Fsp3) is 1.00. The summed E-state index contributed by atoms with van der Waals surface area (Å²) in [4.78, 5) is 0. The second kappa shape index (κ2) is 3.18. The standard InChI is InChI=1S/C20H30/c1-18-8-4-6-13(18)16-14-7-10-19-9-3-2-5-15(19)17(19)20(14,16)12-11-18/h13-17H,2-12H2,1H3/t13-,14-,15?,16?,17?,18-,19+,20?/m1/s1. The van der Waals surface area contributed by atoms with Crippen molar-refractivity contribution in [2.24, 2.45) is 45.8 Å². The lowest BCUT2D eigenvalue weighted by atomic mass is 9.64. The minimum Gasteiger partial charge on any atom is -0.0594 e. The van der Waals surface area contributed by atoms with Gasteiger partial charge in [0.15, 0.2) is 0 Å². The van der Waals surface area contributed by atoms with Crippen molar-refractivity contribution in [1.29, 1.82) is 0 Å². The van der Waals surface area contributed by atoms with Crippen LogP contribution in [0.2, 0.25) is 0 Å². The van der Waals surface area contributed by atoms with E-state index in [1.807, 2.05) is 0 Å². The maximum Gasteiger partial charge on any atom is -0.0196 e. The van der Waals surface area contributed by atoms with E-state index in [-0.39, 0.29) is 0 Å². The molecule has 20 heavy (non-hydrogen) atoms. The lowest BCUT2D eigenvalue weighted by Gasteiger charge is -2.41. The summed E-state index contributed by atoms with van der Waals surface area (Å²) in [5, 5.41) is 0. The summed E-state index contributed by atoms with van der Waals surface area (Å²) in [6.07, 6.45) is 17.6. The molecule has 6 aliphatic rings. The molecule has 0 aliphatic heterocycles. The lowest BCUT2D eigenvalue weighted by molar-refractivity contribution is 0.0817. The average Bonchev–Trinajstić information content (AvgIpc) is 3.27. The molecule has 0 N–H and O–H groups in total. The number of fused-ring (bicyclic) bond motifs is 4. The highest BCUT2D eigenvalue weighted by Gasteiger charge is 2.85. The molecule has 0 bridgehead atoms. The van der Waals surface area contributed by atoms with Crippen molar-refractivity contribution >= 4 is 0 Å². The summed E-state index contributed by atoms with van der Waals surface area (Å²) in [5.74, 6) is 6.00. The predicted octanol–water partition coefficient (Wildman–Crippen LogP) is 5.42. The van der Waals surface area contributed by atoms with Crippen molar-refractivity contribution in [3.05, 3.63) is 0 Å². The summed E-state index contributed by atoms with van der Waals surface area (Å²) >= 11 is 0. The van der Waals surface area contributed by atoms with Crippen molar-refractivity contribution in [3.63, 3.8) is 0 Å². The summed E-state index contributed by atoms with van der Waals surface area (Å²) in [5.41, 5.74) is 2.61. The zero-order chi connectivity index (χ0) is 13.2. The average molecular weight is 270 g/mol. The molecule has 6 fully saturated rings. The van der Waals surface area contributed by atoms with E-state index in [4.69, 9.17) is 0 Å². The Labute approximate surface area is 124 Å². The second-order valence-corrected chi connectivity index (χ2v) is 10.00. The van der Waals surface area contributed by atoms with Crippen LogP contribution in [0.1, 0.15) is 77.6 Å². The summed E-state index contributed by atoms with van der Waals surface area (Å²) in [6.45, 7) is 2.66. The fourth-order valence-electron chi connectivity index (χ4n) is 9.30. The highest BCUT2D eigenvalue weighted by atomic mass is 14.9. The van der Waals surface area contributed by atoms with E-state index in [2.05, 4.69) is 6.92 Å². The van der Waals surface area contributed by atoms with Crippen LogP contribution >= 0.6 is 0 Å². The molecule has 2 spiro atoms. The Morgan fingerprint density at radius 2 is 1.60 bits per heavy atom. The maximum atomic E-state index is 2.66. The smallest absolute Gasteiger partial charge is 0.0196 e. The van der Waals surface area contributed by atoms with E-state index in [0.29, 0.717) is 0 Å². The van der Waals surface area contributed by atoms with Crippen molar-refractivity contribution < 1.29 is 0 Å². The molecule has 0 heterocycles. The molecule has 0 amide bonds. The first kappa shape index (κ1) is 11.6. The molecule has 4 unspecified atom stereocenters. The topological polar surface area (TPSA) is 0 Å². The van der Waals surface area contributed by atoms with Gasteiger partial charge < -0.3 is 0 Å². The molecule has 8 atom stereocenters. The molecule has 0 aromatic rings. The molecule has 0 radical (unpaired) electrons. The van der Waals surface area contributed by atoms with Crippen LogP contribution in [-0.2, 0) is 0 Å². The minimum atomic E-state index is 0.778. The second-order valence-electron chi connectivity index (χ2n) is 10.00. The normalized spacial score (nSPS) is 69.2. The van der Waals surface area contributed by atoms with Gasteiger partial charge in [-0.2, -0.15) is 0 Å². The Bertz CT molecular complexity index is 480. The molecule has 6 aliphatic carbocycles. The monoisotopic (exact) mass is 270 g/mol. The fourth-order valence-corrected chi connectivity index (χ4v) is 9.30. The van der Waals surface area contributed by atoms with Crippen LogP contribution in [0, 0.1) is 45.8 Å². The van der Waals surface area contributed by atoms with Crippen LogP contribution in [0.4, 0.5) is 0 Å². The van der Waals surface area contributed by atoms with Crippen LogP contribution in [0.3, 0.4) is 0 Å². The third-order valence-corrected chi connectivity index (χ3v) is 9.91. The Balaban J connectivity index is 1.41. The lowest BCUT2D eigenvalue weighted by Crippen LogP contribution is -2.33. The van der Waals surface area contributed by atoms with Crippen LogP contribution in [0.5, 0.6) is 0 Å². The molecule has 6 saturated carbocycles. The maximum absolute atomic E-state index is 2.66. The van der Waals surface area contributed by atoms with Crippen molar-refractivity contribution in [2.45, 2.75) is 77.6 Å². The van der Waals surface area contributed by atoms with Gasteiger partial charge in [0, 0.05) is 0 Å². The number of rotatable bonds is 0. The Morgan fingerprint density at radius 3 is 2.55 bits per heavy atom. The molecule has 0 aromatic heterocycles. The molecular weight excluding hydrogens is 240 g/mol. The third kappa shape index (κ3) is 1.00. The van der Waals surface area contributed by atoms with Gasteiger partial charge in [-0.3, -0.25) is 0 Å². The van der Waals surface area contributed by atoms with E-state index in [0.717, 1.165) is 22.2 Å². The highest BCUT2D eigenvalue weighted by molar-refractivity contribution is 5.33. The van der Waals surface area contributed by atoms with Crippen LogP contribution in [-0.4, -0.2) is 0 Å². The third-order valence-electron chi connectivity index (χ3n) is 9.91. The highest BCUT2D eigenvalue weighted by Crippen LogP contribution is 2.91. The largest absolute Gasteiger partial charge is 0.0594 e. The van der Waals surface area contributed by atoms with Gasteiger partial charge in [-0.25, -0.2) is 0 Å². The summed E-state index contributed by atoms with van der Waals surface area (Å²) in [7, 11) is 0. The van der Waals surface area contributed by atoms with Gasteiger partial charge >= 0.3 is 0 Å². The molecular formula is C20H30. The molecule has 0 nitrogen and oxygen atoms in total. The Hall–Kier alpha value is 0. The van der Waals surface area contributed by atoms with Gasteiger partial charge in [0.1, 0.15) is 0 Å². The van der Waals surface area contributed by atoms with E-state index in [1.54, 1.807) is 70.6 Å². The van der Waals surface area contributed by atoms with Crippen molar-refractivity contribution in [3.8, 4) is 0 Å². The van der Waals surface area contributed by atoms with E-state index in [9.17, 15) is 0 Å². The quantitative estimate of drug-likeness (QED) is 0.551. The summed E-state index contributed by atoms with van der Waals surface area (Å²) < 4.78 is 0. The molecule has 110 valence electrons. The molecule has 6 rings (SSSR count). The minimum absolute atomic E-state index is 0.778. The van der Waals surface area contributed by atoms with Crippen LogP contribution < -0.4 is 0 Å². The first-order valence-electron chi connectivity index (χ1n) is 9.72. The molecule has 0 saturated heterocycles. The number of hydrogen-bond acceptors (Lipinski definition) is 0. The van der Waals surface area contributed by atoms with Gasteiger partial charge in [-0.1, -0.05) is 26.2 Å². The van der Waals surface area contributed by atoms with Crippen molar-refractivity contribution in [2.75, 3.05) is 0 Å². The molecule has 0 aromatic carbocycles. The van der Waals surface area contributed by atoms with Crippen molar-refractivity contribution in [1.82, 2.24) is 0 Å². The van der Waals surface area contributed by atoms with Gasteiger partial charge in [0.05, 0.1) is 0 Å². The van der Waals surface area contributed by atoms with Gasteiger partial charge in [0.25, 0.3) is 0 Å². The van der Waals surface area contributed by atoms with Gasteiger partial charge in [-0.15, -0.1) is 0 Å². The van der Waals surface area contributed by atoms with E-state index < -0.39 is 0 Å². The Kier molecular flexibility index (Phi) is 1.84. The molecule has 0 heteroatoms. The first-order chi connectivity index (χ1) is 9.72.